The molecule has 12 nitrogen and oxygen atoms in total. The van der Waals surface area contributed by atoms with Crippen molar-refractivity contribution in [2.24, 2.45) is 5.14 Å². The highest BCUT2D eigenvalue weighted by atomic mass is 32.2. The molecule has 1 unspecified atom stereocenters. The fourth-order valence-corrected chi connectivity index (χ4v) is 5.34. The van der Waals surface area contributed by atoms with Crippen molar-refractivity contribution in [3.63, 3.8) is 0 Å². The first-order valence-electron chi connectivity index (χ1n) is 15.8. The molecule has 0 aliphatic carbocycles. The smallest absolute Gasteiger partial charge is 0.332 e. The monoisotopic (exact) mass is 627 g/mol. The molecule has 0 saturated carbocycles. The van der Waals surface area contributed by atoms with E-state index in [-0.39, 0.29) is 55.9 Å². The molecule has 43 heavy (non-hydrogen) atoms. The van der Waals surface area contributed by atoms with Gasteiger partial charge in [0.1, 0.15) is 18.9 Å². The van der Waals surface area contributed by atoms with Crippen LogP contribution in [0.3, 0.4) is 0 Å². The van der Waals surface area contributed by atoms with E-state index in [1.54, 1.807) is 4.90 Å². The minimum absolute atomic E-state index is 0.0424. The van der Waals surface area contributed by atoms with Crippen LogP contribution in [0.15, 0.2) is 0 Å². The van der Waals surface area contributed by atoms with Gasteiger partial charge in [0.2, 0.25) is 17.7 Å². The molecule has 1 aliphatic heterocycles. The first-order chi connectivity index (χ1) is 20.7. The molecule has 0 spiro atoms. The number of likely N-dealkylation sites (tertiary alicyclic amines) is 1. The Morgan fingerprint density at radius 2 is 1.51 bits per heavy atom. The van der Waals surface area contributed by atoms with Crippen LogP contribution in [-0.2, 0) is 33.6 Å². The SMILES string of the molecule is CCN(CSN)C(=O)C1CC(=O)N1CC(=O)NCCCCCCCCCCCCCCCC(=O)ON(C)C(=O)CCC=O. The molecule has 4 amide bonds. The lowest BCUT2D eigenvalue weighted by molar-refractivity contribution is -0.192. The number of nitrogens with two attached hydrogens (primary N) is 1. The van der Waals surface area contributed by atoms with Gasteiger partial charge in [0.25, 0.3) is 5.91 Å². The maximum Gasteiger partial charge on any atom is 0.332 e. The number of amides is 4. The molecule has 0 aromatic rings. The Labute approximate surface area is 261 Å². The number of hydroxylamine groups is 2. The van der Waals surface area contributed by atoms with E-state index in [0.29, 0.717) is 25.3 Å². The van der Waals surface area contributed by atoms with E-state index in [9.17, 15) is 28.8 Å². The second-order valence-corrected chi connectivity index (χ2v) is 11.6. The van der Waals surface area contributed by atoms with Gasteiger partial charge < -0.3 is 24.7 Å². The second kappa shape index (κ2) is 23.7. The van der Waals surface area contributed by atoms with E-state index >= 15 is 0 Å². The van der Waals surface area contributed by atoms with E-state index in [0.717, 1.165) is 62.0 Å². The van der Waals surface area contributed by atoms with Gasteiger partial charge in [0.05, 0.1) is 12.3 Å². The molecule has 1 rings (SSSR count). The molecule has 1 aliphatic rings. The third kappa shape index (κ3) is 16.7. The number of hydrogen-bond donors (Lipinski definition) is 2. The molecule has 0 aromatic heterocycles. The summed E-state index contributed by atoms with van der Waals surface area (Å²) in [4.78, 5) is 78.5. The molecule has 1 saturated heterocycles. The van der Waals surface area contributed by atoms with Crippen molar-refractivity contribution in [1.82, 2.24) is 20.2 Å². The molecule has 0 bridgehead atoms. The van der Waals surface area contributed by atoms with Crippen LogP contribution >= 0.6 is 11.9 Å². The van der Waals surface area contributed by atoms with Gasteiger partial charge in [-0.2, -0.15) is 5.06 Å². The summed E-state index contributed by atoms with van der Waals surface area (Å²) in [5.41, 5.74) is 0. The van der Waals surface area contributed by atoms with Crippen molar-refractivity contribution in [3.8, 4) is 0 Å². The highest BCUT2D eigenvalue weighted by Crippen LogP contribution is 2.21. The summed E-state index contributed by atoms with van der Waals surface area (Å²) in [7, 11) is 1.39. The van der Waals surface area contributed by atoms with Gasteiger partial charge in [-0.3, -0.25) is 24.3 Å². The second-order valence-electron chi connectivity index (χ2n) is 11.0. The lowest BCUT2D eigenvalue weighted by Crippen LogP contribution is -2.62. The summed E-state index contributed by atoms with van der Waals surface area (Å²) in [5, 5.41) is 9.26. The van der Waals surface area contributed by atoms with Crippen molar-refractivity contribution < 1.29 is 33.6 Å². The molecule has 0 radical (unpaired) electrons. The van der Waals surface area contributed by atoms with E-state index in [2.05, 4.69) is 5.32 Å². The first kappa shape index (κ1) is 38.4. The standard InChI is InChI=1S/C30H53N5O7S/c1-3-34(24-43-31)30(41)25-22-28(39)35(25)23-26(37)32-20-16-14-12-10-8-6-4-5-7-9-11-13-15-19-29(40)42-33(2)27(38)18-17-21-36/h21,25H,3-20,22-24,31H2,1-2H3,(H,32,37). The Morgan fingerprint density at radius 1 is 0.953 bits per heavy atom. The van der Waals surface area contributed by atoms with Crippen molar-refractivity contribution in [2.75, 3.05) is 32.6 Å². The maximum atomic E-state index is 12.6. The van der Waals surface area contributed by atoms with Gasteiger partial charge in [-0.1, -0.05) is 82.6 Å². The molecule has 0 aromatic carbocycles. The van der Waals surface area contributed by atoms with Gasteiger partial charge in [-0.25, -0.2) is 4.79 Å². The number of nitrogens with zero attached hydrogens (tertiary/aromatic N) is 3. The van der Waals surface area contributed by atoms with E-state index in [4.69, 9.17) is 9.98 Å². The van der Waals surface area contributed by atoms with Gasteiger partial charge in [-0.05, 0) is 19.8 Å². The summed E-state index contributed by atoms with van der Waals surface area (Å²) >= 11 is 1.06. The summed E-state index contributed by atoms with van der Waals surface area (Å²) < 4.78 is 0. The maximum absolute atomic E-state index is 12.6. The molecule has 246 valence electrons. The molecule has 13 heteroatoms. The Bertz CT molecular complexity index is 876. The van der Waals surface area contributed by atoms with Crippen LogP contribution in [0.25, 0.3) is 0 Å². The number of carbonyl (C=O) groups is 6. The molecule has 1 atom stereocenters. The number of nitrogens with one attached hydrogen (secondary N) is 1. The van der Waals surface area contributed by atoms with Crippen LogP contribution in [0.1, 0.15) is 116 Å². The third-order valence-electron chi connectivity index (χ3n) is 7.53. The number of likely N-dealkylation sites (N-methyl/N-ethyl adjacent to an activating group) is 1. The topological polar surface area (TPSA) is 159 Å². The van der Waals surface area contributed by atoms with Gasteiger partial charge >= 0.3 is 5.97 Å². The molecule has 1 heterocycles. The zero-order chi connectivity index (χ0) is 31.9. The van der Waals surface area contributed by atoms with Crippen LogP contribution in [0.2, 0.25) is 0 Å². The summed E-state index contributed by atoms with van der Waals surface area (Å²) in [6.45, 7) is 2.86. The number of β-lactam (4-membered cyclic amide) rings is 1. The fourth-order valence-electron chi connectivity index (χ4n) is 4.85. The highest BCUT2D eigenvalue weighted by Gasteiger charge is 2.43. The highest BCUT2D eigenvalue weighted by molar-refractivity contribution is 7.97. The van der Waals surface area contributed by atoms with E-state index in [1.165, 1.54) is 50.5 Å². The first-order valence-corrected chi connectivity index (χ1v) is 16.9. The van der Waals surface area contributed by atoms with E-state index < -0.39 is 12.0 Å². The number of rotatable bonds is 25. The van der Waals surface area contributed by atoms with Gasteiger partial charge in [0, 0.05) is 39.4 Å². The Morgan fingerprint density at radius 3 is 2.02 bits per heavy atom. The Kier molecular flexibility index (Phi) is 21.2. The van der Waals surface area contributed by atoms with Gasteiger partial charge in [0.15, 0.2) is 0 Å². The molecule has 1 fully saturated rings. The van der Waals surface area contributed by atoms with Gasteiger partial charge in [-0.15, -0.1) is 0 Å². The minimum Gasteiger partial charge on any atom is -0.355 e. The lowest BCUT2D eigenvalue weighted by atomic mass is 10.0. The third-order valence-corrected chi connectivity index (χ3v) is 7.99. The van der Waals surface area contributed by atoms with Crippen LogP contribution < -0.4 is 10.5 Å². The molecular weight excluding hydrogens is 574 g/mol. The van der Waals surface area contributed by atoms with Crippen LogP contribution in [0.4, 0.5) is 0 Å². The normalized spacial score (nSPS) is 14.2. The van der Waals surface area contributed by atoms with Crippen molar-refractivity contribution in [1.29, 1.82) is 0 Å². The van der Waals surface area contributed by atoms with Crippen molar-refractivity contribution in [2.45, 2.75) is 122 Å². The lowest BCUT2D eigenvalue weighted by Gasteiger charge is -2.40. The van der Waals surface area contributed by atoms with E-state index in [1.807, 2.05) is 6.92 Å². The summed E-state index contributed by atoms with van der Waals surface area (Å²) in [6.07, 6.45) is 15.5. The predicted octanol–water partition coefficient (Wildman–Crippen LogP) is 3.47. The summed E-state index contributed by atoms with van der Waals surface area (Å²) in [5.74, 6) is -0.999. The zero-order valence-corrected chi connectivity index (χ0v) is 27.0. The predicted molar refractivity (Wildman–Crippen MR) is 166 cm³/mol. The Balaban J connectivity index is 1.93. The number of hydrogen-bond acceptors (Lipinski definition) is 9. The number of carbonyl (C=O) groups excluding carboxylic acids is 6. The largest absolute Gasteiger partial charge is 0.355 e. The molecular formula is C30H53N5O7S. The summed E-state index contributed by atoms with van der Waals surface area (Å²) in [6, 6.07) is -0.567. The minimum atomic E-state index is -0.567. The average molecular weight is 628 g/mol. The van der Waals surface area contributed by atoms with Crippen LogP contribution in [0, 0.1) is 0 Å². The quantitative estimate of drug-likeness (QED) is 0.0386. The zero-order valence-electron chi connectivity index (χ0n) is 26.2. The molecule has 3 N–H and O–H groups in total. The van der Waals surface area contributed by atoms with Crippen LogP contribution in [-0.4, -0.2) is 89.3 Å². The Hall–Kier alpha value is -2.67. The average Bonchev–Trinajstić information content (AvgIpc) is 2.99. The van der Waals surface area contributed by atoms with Crippen LogP contribution in [0.5, 0.6) is 0 Å². The van der Waals surface area contributed by atoms with Crippen molar-refractivity contribution in [3.05, 3.63) is 0 Å². The number of unbranched alkanes of at least 4 members (excludes halogenated alkanes) is 12. The fraction of sp³-hybridized carbons (Fsp3) is 0.800. The van der Waals surface area contributed by atoms with Crippen molar-refractivity contribution >= 4 is 47.8 Å². The number of aldehydes is 1.